The fourth-order valence-electron chi connectivity index (χ4n) is 1.61. The van der Waals surface area contributed by atoms with Crippen molar-refractivity contribution in [3.63, 3.8) is 0 Å². The van der Waals surface area contributed by atoms with Crippen molar-refractivity contribution in [3.8, 4) is 0 Å². The molecule has 0 aliphatic carbocycles. The molecule has 1 unspecified atom stereocenters. The van der Waals surface area contributed by atoms with Gasteiger partial charge in [-0.3, -0.25) is 4.18 Å². The number of hydrogen-bond donors (Lipinski definition) is 0. The summed E-state index contributed by atoms with van der Waals surface area (Å²) >= 11 is 2.77. The first-order valence-electron chi connectivity index (χ1n) is 5.48. The van der Waals surface area contributed by atoms with E-state index in [1.54, 1.807) is 0 Å². The molecule has 0 radical (unpaired) electrons. The molecule has 1 atom stereocenters. The van der Waals surface area contributed by atoms with E-state index >= 15 is 0 Å². The van der Waals surface area contributed by atoms with Crippen molar-refractivity contribution in [2.24, 2.45) is 5.16 Å². The van der Waals surface area contributed by atoms with Gasteiger partial charge in [-0.15, -0.1) is 0 Å². The van der Waals surface area contributed by atoms with Gasteiger partial charge in [-0.05, 0) is 28.1 Å². The number of halogens is 3. The van der Waals surface area contributed by atoms with Gasteiger partial charge in [0.2, 0.25) is 0 Å². The lowest BCUT2D eigenvalue weighted by molar-refractivity contribution is 0.0493. The van der Waals surface area contributed by atoms with Gasteiger partial charge in [-0.25, -0.2) is 8.78 Å². The molecule has 5 nitrogen and oxygen atoms in total. The fourth-order valence-corrected chi connectivity index (χ4v) is 2.24. The van der Waals surface area contributed by atoms with Crippen LogP contribution in [0.1, 0.15) is 12.0 Å². The minimum absolute atomic E-state index is 0.201. The van der Waals surface area contributed by atoms with Crippen molar-refractivity contribution in [2.75, 3.05) is 12.9 Å². The van der Waals surface area contributed by atoms with E-state index in [9.17, 15) is 17.2 Å². The molecule has 0 bridgehead atoms. The summed E-state index contributed by atoms with van der Waals surface area (Å²) in [5, 5.41) is 3.69. The Kier molecular flexibility index (Phi) is 4.40. The normalized spacial score (nSPS) is 18.8. The Labute approximate surface area is 122 Å². The topological polar surface area (TPSA) is 65.0 Å². The molecule has 110 valence electrons. The maximum atomic E-state index is 13.4. The van der Waals surface area contributed by atoms with Crippen LogP contribution in [0.5, 0.6) is 0 Å². The summed E-state index contributed by atoms with van der Waals surface area (Å²) in [6.45, 7) is -0.201. The monoisotopic (exact) mass is 369 g/mol. The third-order valence-corrected chi connectivity index (χ3v) is 3.84. The summed E-state index contributed by atoms with van der Waals surface area (Å²) in [6, 6.07) is 2.24. The molecule has 9 heteroatoms. The smallest absolute Gasteiger partial charge is 0.264 e. The molecule has 2 rings (SSSR count). The van der Waals surface area contributed by atoms with E-state index in [1.807, 2.05) is 0 Å². The first-order chi connectivity index (χ1) is 9.26. The van der Waals surface area contributed by atoms with Gasteiger partial charge in [0, 0.05) is 12.0 Å². The number of oxime groups is 1. The van der Waals surface area contributed by atoms with Crippen LogP contribution in [0.25, 0.3) is 0 Å². The molecule has 1 heterocycles. The zero-order chi connectivity index (χ0) is 14.9. The van der Waals surface area contributed by atoms with Crippen molar-refractivity contribution in [1.29, 1.82) is 0 Å². The largest absolute Gasteiger partial charge is 0.389 e. The van der Waals surface area contributed by atoms with E-state index in [2.05, 4.69) is 25.3 Å². The van der Waals surface area contributed by atoms with Gasteiger partial charge in [0.25, 0.3) is 10.1 Å². The van der Waals surface area contributed by atoms with Gasteiger partial charge in [0.05, 0.1) is 16.4 Å². The molecule has 0 amide bonds. The van der Waals surface area contributed by atoms with Gasteiger partial charge in [0.1, 0.15) is 18.2 Å². The van der Waals surface area contributed by atoms with Gasteiger partial charge in [-0.1, -0.05) is 5.16 Å². The van der Waals surface area contributed by atoms with Gasteiger partial charge < -0.3 is 4.84 Å². The number of nitrogens with zero attached hydrogens (tertiary/aromatic N) is 1. The molecular formula is C11H10BrF2NO4S. The predicted molar refractivity (Wildman–Crippen MR) is 70.9 cm³/mol. The van der Waals surface area contributed by atoms with E-state index in [-0.39, 0.29) is 23.1 Å². The van der Waals surface area contributed by atoms with E-state index in [0.29, 0.717) is 5.71 Å². The molecule has 1 aliphatic rings. The average molecular weight is 370 g/mol. The molecule has 1 aliphatic heterocycles. The van der Waals surface area contributed by atoms with Gasteiger partial charge >= 0.3 is 0 Å². The second-order valence-corrected chi connectivity index (χ2v) is 6.65. The van der Waals surface area contributed by atoms with Crippen LogP contribution in [0.4, 0.5) is 8.78 Å². The highest BCUT2D eigenvalue weighted by molar-refractivity contribution is 9.10. The molecule has 0 saturated heterocycles. The lowest BCUT2D eigenvalue weighted by Gasteiger charge is -2.07. The average Bonchev–Trinajstić information content (AvgIpc) is 2.81. The molecular weight excluding hydrogens is 360 g/mol. The summed E-state index contributed by atoms with van der Waals surface area (Å²) in [5.74, 6) is -1.50. The fraction of sp³-hybridized carbons (Fsp3) is 0.364. The van der Waals surface area contributed by atoms with Crippen LogP contribution < -0.4 is 0 Å². The second-order valence-electron chi connectivity index (χ2n) is 4.21. The lowest BCUT2D eigenvalue weighted by atomic mass is 10.1. The standard InChI is InChI=1S/C11H10BrF2NO4S/c1-20(16,17)18-5-7-4-10(15-19-7)6-2-8(13)11(12)9(14)3-6/h2-3,7H,4-5H2,1H3. The zero-order valence-electron chi connectivity index (χ0n) is 10.3. The predicted octanol–water partition coefficient (Wildman–Crippen LogP) is 2.20. The van der Waals surface area contributed by atoms with Gasteiger partial charge in [0.15, 0.2) is 6.10 Å². The lowest BCUT2D eigenvalue weighted by Crippen LogP contribution is -2.18. The van der Waals surface area contributed by atoms with Crippen molar-refractivity contribution < 1.29 is 26.2 Å². The van der Waals surface area contributed by atoms with Crippen LogP contribution in [-0.4, -0.2) is 33.1 Å². The van der Waals surface area contributed by atoms with E-state index in [4.69, 9.17) is 4.84 Å². The van der Waals surface area contributed by atoms with Crippen LogP contribution >= 0.6 is 15.9 Å². The maximum Gasteiger partial charge on any atom is 0.264 e. The molecule has 0 spiro atoms. The Hall–Kier alpha value is -1.06. The van der Waals surface area contributed by atoms with E-state index in [1.165, 1.54) is 0 Å². The SMILES string of the molecule is CS(=O)(=O)OCC1CC(c2cc(F)c(Br)c(F)c2)=NO1. The van der Waals surface area contributed by atoms with Crippen molar-refractivity contribution in [2.45, 2.75) is 12.5 Å². The Morgan fingerprint density at radius 2 is 2.05 bits per heavy atom. The third-order valence-electron chi connectivity index (χ3n) is 2.52. The third kappa shape index (κ3) is 3.74. The van der Waals surface area contributed by atoms with Crippen LogP contribution in [-0.2, 0) is 19.1 Å². The van der Waals surface area contributed by atoms with Gasteiger partial charge in [-0.2, -0.15) is 8.42 Å². The van der Waals surface area contributed by atoms with E-state index < -0.39 is 27.9 Å². The first-order valence-corrected chi connectivity index (χ1v) is 8.09. The summed E-state index contributed by atoms with van der Waals surface area (Å²) in [4.78, 5) is 4.97. The van der Waals surface area contributed by atoms with E-state index in [0.717, 1.165) is 18.4 Å². The van der Waals surface area contributed by atoms with Crippen LogP contribution in [0, 0.1) is 11.6 Å². The molecule has 0 aromatic heterocycles. The Morgan fingerprint density at radius 1 is 1.45 bits per heavy atom. The number of hydrogen-bond acceptors (Lipinski definition) is 5. The van der Waals surface area contributed by atoms with Crippen LogP contribution in [0.2, 0.25) is 0 Å². The second kappa shape index (κ2) is 5.74. The maximum absolute atomic E-state index is 13.4. The molecule has 1 aromatic carbocycles. The van der Waals surface area contributed by atoms with Crippen molar-refractivity contribution in [3.05, 3.63) is 33.8 Å². The molecule has 0 N–H and O–H groups in total. The summed E-state index contributed by atoms with van der Waals surface area (Å²) in [5.41, 5.74) is 0.572. The molecule has 0 fully saturated rings. The van der Waals surface area contributed by atoms with Crippen LogP contribution in [0.3, 0.4) is 0 Å². The molecule has 1 aromatic rings. The minimum atomic E-state index is -3.57. The Balaban J connectivity index is 2.06. The first kappa shape index (κ1) is 15.3. The minimum Gasteiger partial charge on any atom is -0.389 e. The molecule has 0 saturated carbocycles. The zero-order valence-corrected chi connectivity index (χ0v) is 12.7. The summed E-state index contributed by atoms with van der Waals surface area (Å²) in [6.07, 6.45) is 0.522. The summed E-state index contributed by atoms with van der Waals surface area (Å²) in [7, 11) is -3.57. The Morgan fingerprint density at radius 3 is 2.60 bits per heavy atom. The quantitative estimate of drug-likeness (QED) is 0.602. The van der Waals surface area contributed by atoms with Crippen molar-refractivity contribution >= 4 is 31.8 Å². The van der Waals surface area contributed by atoms with Crippen molar-refractivity contribution in [1.82, 2.24) is 0 Å². The summed E-state index contributed by atoms with van der Waals surface area (Å²) < 4.78 is 52.8. The highest BCUT2D eigenvalue weighted by atomic mass is 79.9. The molecule has 20 heavy (non-hydrogen) atoms. The Bertz CT molecular complexity index is 639. The highest BCUT2D eigenvalue weighted by Crippen LogP contribution is 2.24. The van der Waals surface area contributed by atoms with Crippen LogP contribution in [0.15, 0.2) is 21.8 Å². The number of benzene rings is 1. The number of rotatable bonds is 4. The highest BCUT2D eigenvalue weighted by Gasteiger charge is 2.25.